The normalized spacial score (nSPS) is 24.9. The molecule has 1 heterocycles. The molecule has 1 fully saturated rings. The van der Waals surface area contributed by atoms with E-state index in [0.29, 0.717) is 37.5 Å². The number of allylic oxidation sites excluding steroid dienone is 5. The molecule has 0 radical (unpaired) electrons. The molecule has 1 aliphatic carbocycles. The Morgan fingerprint density at radius 1 is 1.02 bits per heavy atom. The van der Waals surface area contributed by atoms with Crippen LogP contribution >= 0.6 is 0 Å². The van der Waals surface area contributed by atoms with Crippen LogP contribution in [0.3, 0.4) is 0 Å². The molecule has 0 aromatic heterocycles. The van der Waals surface area contributed by atoms with Crippen LogP contribution in [0.15, 0.2) is 59.8 Å². The summed E-state index contributed by atoms with van der Waals surface area (Å²) in [5, 5.41) is 9.88. The van der Waals surface area contributed by atoms with E-state index in [4.69, 9.17) is 14.2 Å². The van der Waals surface area contributed by atoms with Crippen molar-refractivity contribution in [3.05, 3.63) is 59.8 Å². The Hall–Kier alpha value is -3.26. The SMILES string of the molecule is C=C1C(=O)O[C@H]2/C=C(\CO)CC/C=C(\C=O)[C@H](OC(=O)CCCCCCC/C=C\C/C=C/CCCCC)[C@@H](OC(=O)[C@H](C)CC)[C@H]12. The Balaban J connectivity index is 2.01. The van der Waals surface area contributed by atoms with Crippen molar-refractivity contribution in [2.45, 2.75) is 135 Å². The minimum absolute atomic E-state index is 0.0566. The van der Waals surface area contributed by atoms with Gasteiger partial charge in [0, 0.05) is 17.6 Å². The largest absolute Gasteiger partial charge is 0.457 e. The number of carbonyl (C=O) groups excluding carboxylic acids is 4. The number of esters is 3. The first-order valence-corrected chi connectivity index (χ1v) is 17.3. The van der Waals surface area contributed by atoms with Crippen molar-refractivity contribution < 1.29 is 38.5 Å². The molecule has 1 saturated heterocycles. The van der Waals surface area contributed by atoms with Crippen molar-refractivity contribution in [3.8, 4) is 0 Å². The predicted octanol–water partition coefficient (Wildman–Crippen LogP) is 7.61. The lowest BCUT2D eigenvalue weighted by Crippen LogP contribution is -2.46. The average molecular weight is 641 g/mol. The van der Waals surface area contributed by atoms with E-state index in [9.17, 15) is 24.3 Å². The number of carbonyl (C=O) groups is 4. The van der Waals surface area contributed by atoms with Crippen LogP contribution in [0.25, 0.3) is 0 Å². The van der Waals surface area contributed by atoms with Crippen molar-refractivity contribution in [1.29, 1.82) is 0 Å². The Morgan fingerprint density at radius 2 is 1.70 bits per heavy atom. The average Bonchev–Trinajstić information content (AvgIpc) is 3.33. The molecule has 0 amide bonds. The lowest BCUT2D eigenvalue weighted by molar-refractivity contribution is -0.172. The van der Waals surface area contributed by atoms with Gasteiger partial charge in [-0.05, 0) is 69.4 Å². The first-order valence-electron chi connectivity index (χ1n) is 17.3. The molecule has 46 heavy (non-hydrogen) atoms. The highest BCUT2D eigenvalue weighted by atomic mass is 16.6. The van der Waals surface area contributed by atoms with Gasteiger partial charge in [0.15, 0.2) is 12.2 Å². The van der Waals surface area contributed by atoms with Crippen molar-refractivity contribution in [3.63, 3.8) is 0 Å². The summed E-state index contributed by atoms with van der Waals surface area (Å²) in [5.41, 5.74) is 0.810. The van der Waals surface area contributed by atoms with Gasteiger partial charge in [-0.2, -0.15) is 0 Å². The first-order chi connectivity index (χ1) is 22.3. The van der Waals surface area contributed by atoms with Gasteiger partial charge in [0.2, 0.25) is 0 Å². The number of hydrogen-bond donors (Lipinski definition) is 1. The minimum atomic E-state index is -1.24. The minimum Gasteiger partial charge on any atom is -0.457 e. The molecule has 256 valence electrons. The number of aliphatic hydroxyl groups excluding tert-OH is 1. The van der Waals surface area contributed by atoms with E-state index in [1.165, 1.54) is 19.3 Å². The zero-order chi connectivity index (χ0) is 33.7. The summed E-state index contributed by atoms with van der Waals surface area (Å²) in [6, 6.07) is 0. The molecule has 1 aliphatic heterocycles. The summed E-state index contributed by atoms with van der Waals surface area (Å²) in [6.07, 6.45) is 22.6. The van der Waals surface area contributed by atoms with E-state index in [1.807, 2.05) is 6.92 Å². The van der Waals surface area contributed by atoms with E-state index in [1.54, 1.807) is 19.1 Å². The molecule has 2 aliphatic rings. The van der Waals surface area contributed by atoms with Gasteiger partial charge in [-0.3, -0.25) is 14.4 Å². The number of aldehydes is 1. The van der Waals surface area contributed by atoms with Gasteiger partial charge in [0.05, 0.1) is 18.4 Å². The molecule has 1 N–H and O–H groups in total. The summed E-state index contributed by atoms with van der Waals surface area (Å²) < 4.78 is 17.4. The second-order valence-corrected chi connectivity index (χ2v) is 12.4. The fraction of sp³-hybridized carbons (Fsp3) is 0.632. The highest BCUT2D eigenvalue weighted by Gasteiger charge is 2.49. The van der Waals surface area contributed by atoms with Gasteiger partial charge in [-0.1, -0.05) is 89.8 Å². The fourth-order valence-electron chi connectivity index (χ4n) is 5.58. The Labute approximate surface area is 276 Å². The highest BCUT2D eigenvalue weighted by Crippen LogP contribution is 2.38. The molecule has 0 aromatic carbocycles. The Morgan fingerprint density at radius 3 is 2.35 bits per heavy atom. The van der Waals surface area contributed by atoms with Crippen LogP contribution in [0.4, 0.5) is 0 Å². The number of ether oxygens (including phenoxy) is 3. The third-order valence-corrected chi connectivity index (χ3v) is 8.68. The molecule has 8 nitrogen and oxygen atoms in total. The predicted molar refractivity (Wildman–Crippen MR) is 180 cm³/mol. The van der Waals surface area contributed by atoms with Crippen LogP contribution in [0.5, 0.6) is 0 Å². The van der Waals surface area contributed by atoms with Gasteiger partial charge >= 0.3 is 17.9 Å². The van der Waals surface area contributed by atoms with Crippen molar-refractivity contribution in [2.75, 3.05) is 6.61 Å². The first kappa shape index (κ1) is 38.9. The fourth-order valence-corrected chi connectivity index (χ4v) is 5.58. The van der Waals surface area contributed by atoms with E-state index in [2.05, 4.69) is 37.8 Å². The standard InChI is InChI=1S/C38H56O8/c1-5-7-8-9-10-11-12-13-14-15-16-17-18-19-20-24-33(41)45-35-31(27-40)23-21-22-30(26-39)25-32-34(29(4)38(43)44-32)36(35)46-37(42)28(3)6-2/h10-11,13-14,23,25,27-28,32,34-36,39H,4-9,12,15-22,24,26H2,1-3H3/b11-10+,14-13-,30-25-,31-23+/t28-,32+,34-,35+,36+/m1/s1. The smallest absolute Gasteiger partial charge is 0.334 e. The van der Waals surface area contributed by atoms with E-state index >= 15 is 0 Å². The number of hydrogen-bond acceptors (Lipinski definition) is 8. The van der Waals surface area contributed by atoms with Crippen molar-refractivity contribution >= 4 is 24.2 Å². The maximum absolute atomic E-state index is 13.1. The van der Waals surface area contributed by atoms with Gasteiger partial charge in [-0.25, -0.2) is 4.79 Å². The zero-order valence-electron chi connectivity index (χ0n) is 28.3. The van der Waals surface area contributed by atoms with E-state index in [-0.39, 0.29) is 24.2 Å². The highest BCUT2D eigenvalue weighted by molar-refractivity contribution is 5.91. The zero-order valence-corrected chi connectivity index (χ0v) is 28.3. The molecular formula is C38H56O8. The number of aliphatic hydroxyl groups is 1. The lowest BCUT2D eigenvalue weighted by Gasteiger charge is -2.33. The molecule has 0 aromatic rings. The molecule has 0 unspecified atom stereocenters. The molecule has 0 bridgehead atoms. The van der Waals surface area contributed by atoms with Crippen LogP contribution in [-0.4, -0.2) is 54.2 Å². The third-order valence-electron chi connectivity index (χ3n) is 8.68. The van der Waals surface area contributed by atoms with Crippen LogP contribution in [-0.2, 0) is 33.4 Å². The Bertz CT molecular complexity index is 1110. The summed E-state index contributed by atoms with van der Waals surface area (Å²) >= 11 is 0. The maximum Gasteiger partial charge on any atom is 0.334 e. The summed E-state index contributed by atoms with van der Waals surface area (Å²) in [7, 11) is 0. The van der Waals surface area contributed by atoms with Crippen LogP contribution in [0.1, 0.15) is 117 Å². The number of rotatable bonds is 20. The van der Waals surface area contributed by atoms with Gasteiger partial charge < -0.3 is 19.3 Å². The van der Waals surface area contributed by atoms with Crippen LogP contribution in [0.2, 0.25) is 0 Å². The van der Waals surface area contributed by atoms with Crippen molar-refractivity contribution in [2.24, 2.45) is 11.8 Å². The molecule has 0 spiro atoms. The molecule has 5 atom stereocenters. The molecular weight excluding hydrogens is 584 g/mol. The monoisotopic (exact) mass is 640 g/mol. The molecule has 0 saturated carbocycles. The lowest BCUT2D eigenvalue weighted by atomic mass is 9.83. The van der Waals surface area contributed by atoms with Gasteiger partial charge in [0.1, 0.15) is 12.4 Å². The topological polar surface area (TPSA) is 116 Å². The second kappa shape index (κ2) is 22.3. The van der Waals surface area contributed by atoms with E-state index in [0.717, 1.165) is 44.9 Å². The quantitative estimate of drug-likeness (QED) is 0.0361. The number of unbranched alkanes of at least 4 members (excludes halogenated alkanes) is 8. The second-order valence-electron chi connectivity index (χ2n) is 12.4. The van der Waals surface area contributed by atoms with Crippen LogP contribution in [0, 0.1) is 11.8 Å². The van der Waals surface area contributed by atoms with E-state index < -0.39 is 48.1 Å². The third kappa shape index (κ3) is 13.2. The van der Waals surface area contributed by atoms with Crippen molar-refractivity contribution in [1.82, 2.24) is 0 Å². The summed E-state index contributed by atoms with van der Waals surface area (Å²) in [4.78, 5) is 51.2. The number of fused-ring (bicyclic) bond motifs is 1. The molecule has 8 heteroatoms. The van der Waals surface area contributed by atoms with Crippen LogP contribution < -0.4 is 0 Å². The summed E-state index contributed by atoms with van der Waals surface area (Å²) in [5.74, 6) is -3.08. The van der Waals surface area contributed by atoms with Gasteiger partial charge in [0.25, 0.3) is 0 Å². The molecule has 2 rings (SSSR count). The maximum atomic E-state index is 13.1. The summed E-state index contributed by atoms with van der Waals surface area (Å²) in [6.45, 7) is 9.41. The Kier molecular flexibility index (Phi) is 18.9. The van der Waals surface area contributed by atoms with Gasteiger partial charge in [-0.15, -0.1) is 0 Å².